The number of nitrogens with zero attached hydrogens (tertiary/aromatic N) is 1. The topological polar surface area (TPSA) is 89.2 Å². The third kappa shape index (κ3) is 4.20. The average Bonchev–Trinajstić information content (AvgIpc) is 3.06. The summed E-state index contributed by atoms with van der Waals surface area (Å²) in [5, 5.41) is 10.7. The summed E-state index contributed by atoms with van der Waals surface area (Å²) in [5.74, 6) is -0.0991. The van der Waals surface area contributed by atoms with Crippen LogP contribution in [0.5, 0.6) is 11.5 Å². The maximum atomic E-state index is 13.7. The standard InChI is InChI=1S/C26H28BrNO6/c1-13(2)33-8-6-7-28-22(16-11-18(27)24(30)20(12-16)32-5)21-23(29)17-9-14(3)15(4)10-19(17)34-25(21)26(28)31/h9-13,22,30H,6-8H2,1-5H3. The molecular weight excluding hydrogens is 502 g/mol. The molecule has 0 saturated heterocycles. The number of halogens is 1. The molecule has 4 rings (SSSR count). The largest absolute Gasteiger partial charge is 0.503 e. The lowest BCUT2D eigenvalue weighted by Crippen LogP contribution is -2.31. The lowest BCUT2D eigenvalue weighted by Gasteiger charge is -2.26. The van der Waals surface area contributed by atoms with Gasteiger partial charge in [0.2, 0.25) is 5.76 Å². The summed E-state index contributed by atoms with van der Waals surface area (Å²) in [6.07, 6.45) is 0.677. The Morgan fingerprint density at radius 3 is 2.53 bits per heavy atom. The number of aromatic hydroxyl groups is 1. The van der Waals surface area contributed by atoms with Crippen LogP contribution in [0, 0.1) is 13.8 Å². The second kappa shape index (κ2) is 9.43. The summed E-state index contributed by atoms with van der Waals surface area (Å²) in [6.45, 7) is 8.64. The van der Waals surface area contributed by atoms with Crippen LogP contribution in [-0.2, 0) is 4.74 Å². The van der Waals surface area contributed by atoms with Gasteiger partial charge in [-0.2, -0.15) is 0 Å². The molecule has 0 bridgehead atoms. The zero-order chi connectivity index (χ0) is 24.7. The second-order valence-electron chi connectivity index (χ2n) is 8.83. The molecule has 0 aliphatic carbocycles. The molecule has 0 saturated carbocycles. The highest BCUT2D eigenvalue weighted by atomic mass is 79.9. The van der Waals surface area contributed by atoms with Crippen molar-refractivity contribution in [1.29, 1.82) is 0 Å². The van der Waals surface area contributed by atoms with Crippen LogP contribution in [0.15, 0.2) is 37.9 Å². The normalized spacial score (nSPS) is 15.4. The highest BCUT2D eigenvalue weighted by molar-refractivity contribution is 9.10. The maximum Gasteiger partial charge on any atom is 0.290 e. The Kier molecular flexibility index (Phi) is 6.73. The molecule has 1 atom stereocenters. The predicted molar refractivity (Wildman–Crippen MR) is 133 cm³/mol. The first-order valence-corrected chi connectivity index (χ1v) is 12.0. The smallest absolute Gasteiger partial charge is 0.290 e. The maximum absolute atomic E-state index is 13.7. The van der Waals surface area contributed by atoms with Crippen molar-refractivity contribution < 1.29 is 23.8 Å². The zero-order valence-electron chi connectivity index (χ0n) is 19.9. The van der Waals surface area contributed by atoms with Gasteiger partial charge in [0.1, 0.15) is 5.58 Å². The summed E-state index contributed by atoms with van der Waals surface area (Å²) < 4.78 is 17.4. The molecule has 1 aliphatic heterocycles. The van der Waals surface area contributed by atoms with Crippen molar-refractivity contribution in [3.05, 3.63) is 67.0 Å². The lowest BCUT2D eigenvalue weighted by molar-refractivity contribution is 0.0593. The third-order valence-corrected chi connectivity index (χ3v) is 6.77. The highest BCUT2D eigenvalue weighted by Gasteiger charge is 2.43. The SMILES string of the molecule is COc1cc(C2c3c(oc4cc(C)c(C)cc4c3=O)C(=O)N2CCCOC(C)C)cc(Br)c1O. The first kappa shape index (κ1) is 24.3. The fraction of sp³-hybridized carbons (Fsp3) is 0.385. The van der Waals surface area contributed by atoms with Gasteiger partial charge >= 0.3 is 0 Å². The molecule has 0 spiro atoms. The van der Waals surface area contributed by atoms with Gasteiger partial charge in [-0.25, -0.2) is 0 Å². The van der Waals surface area contributed by atoms with E-state index in [4.69, 9.17) is 13.9 Å². The number of phenols is 1. The molecule has 1 aliphatic rings. The Morgan fingerprint density at radius 2 is 1.85 bits per heavy atom. The van der Waals surface area contributed by atoms with Crippen LogP contribution in [-0.4, -0.2) is 42.3 Å². The Balaban J connectivity index is 1.90. The Bertz CT molecular complexity index is 1330. The Hall–Kier alpha value is -2.84. The van der Waals surface area contributed by atoms with E-state index in [0.717, 1.165) is 11.1 Å². The van der Waals surface area contributed by atoms with Crippen molar-refractivity contribution in [2.75, 3.05) is 20.3 Å². The lowest BCUT2D eigenvalue weighted by atomic mass is 9.97. The van der Waals surface area contributed by atoms with E-state index in [9.17, 15) is 14.7 Å². The molecular formula is C26H28BrNO6. The summed E-state index contributed by atoms with van der Waals surface area (Å²) >= 11 is 3.36. The van der Waals surface area contributed by atoms with Crippen molar-refractivity contribution in [3.8, 4) is 11.5 Å². The number of aryl methyl sites for hydroxylation is 2. The Morgan fingerprint density at radius 1 is 1.15 bits per heavy atom. The van der Waals surface area contributed by atoms with Gasteiger partial charge in [0.15, 0.2) is 16.9 Å². The number of rotatable bonds is 7. The molecule has 2 aromatic carbocycles. The van der Waals surface area contributed by atoms with E-state index in [1.54, 1.807) is 23.1 Å². The van der Waals surface area contributed by atoms with Gasteiger partial charge in [-0.1, -0.05) is 0 Å². The number of amides is 1. The van der Waals surface area contributed by atoms with Crippen LogP contribution in [0.2, 0.25) is 0 Å². The van der Waals surface area contributed by atoms with Crippen molar-refractivity contribution in [3.63, 3.8) is 0 Å². The zero-order valence-corrected chi connectivity index (χ0v) is 21.5. The van der Waals surface area contributed by atoms with Gasteiger partial charge in [-0.05, 0) is 91.0 Å². The summed E-state index contributed by atoms with van der Waals surface area (Å²) in [6, 6.07) is 6.27. The molecule has 1 unspecified atom stereocenters. The quantitative estimate of drug-likeness (QED) is 0.420. The molecule has 0 radical (unpaired) electrons. The highest BCUT2D eigenvalue weighted by Crippen LogP contribution is 2.43. The first-order valence-electron chi connectivity index (χ1n) is 11.2. The van der Waals surface area contributed by atoms with Gasteiger partial charge in [0.05, 0.1) is 34.7 Å². The number of carbonyl (C=O) groups excluding carboxylic acids is 1. The number of hydrogen-bond acceptors (Lipinski definition) is 6. The van der Waals surface area contributed by atoms with E-state index in [1.165, 1.54) is 7.11 Å². The van der Waals surface area contributed by atoms with Gasteiger partial charge in [-0.3, -0.25) is 9.59 Å². The van der Waals surface area contributed by atoms with Crippen LogP contribution >= 0.6 is 15.9 Å². The first-order chi connectivity index (χ1) is 16.1. The molecule has 1 amide bonds. The molecule has 7 nitrogen and oxygen atoms in total. The minimum absolute atomic E-state index is 0.0515. The molecule has 1 aromatic heterocycles. The summed E-state index contributed by atoms with van der Waals surface area (Å²) in [5.41, 5.74) is 3.04. The van der Waals surface area contributed by atoms with Crippen molar-refractivity contribution in [1.82, 2.24) is 4.90 Å². The molecule has 0 fully saturated rings. The van der Waals surface area contributed by atoms with E-state index in [1.807, 2.05) is 33.8 Å². The van der Waals surface area contributed by atoms with Crippen LogP contribution < -0.4 is 10.2 Å². The van der Waals surface area contributed by atoms with Crippen LogP contribution in [0.4, 0.5) is 0 Å². The van der Waals surface area contributed by atoms with Crippen molar-refractivity contribution in [2.24, 2.45) is 0 Å². The van der Waals surface area contributed by atoms with E-state index in [2.05, 4.69) is 15.9 Å². The molecule has 8 heteroatoms. The fourth-order valence-corrected chi connectivity index (χ4v) is 4.77. The van der Waals surface area contributed by atoms with Crippen LogP contribution in [0.3, 0.4) is 0 Å². The van der Waals surface area contributed by atoms with Gasteiger partial charge < -0.3 is 23.9 Å². The third-order valence-electron chi connectivity index (χ3n) is 6.16. The van der Waals surface area contributed by atoms with E-state index in [0.29, 0.717) is 46.1 Å². The predicted octanol–water partition coefficient (Wildman–Crippen LogP) is 5.25. The number of methoxy groups -OCH3 is 1. The fourth-order valence-electron chi connectivity index (χ4n) is 4.31. The molecule has 34 heavy (non-hydrogen) atoms. The minimum Gasteiger partial charge on any atom is -0.503 e. The van der Waals surface area contributed by atoms with E-state index in [-0.39, 0.29) is 34.7 Å². The molecule has 180 valence electrons. The number of phenolic OH excluding ortho intramolecular Hbond substituents is 1. The van der Waals surface area contributed by atoms with Gasteiger partial charge in [0.25, 0.3) is 5.91 Å². The average molecular weight is 530 g/mol. The monoisotopic (exact) mass is 529 g/mol. The number of carbonyl (C=O) groups is 1. The van der Waals surface area contributed by atoms with E-state index < -0.39 is 6.04 Å². The molecule has 2 heterocycles. The van der Waals surface area contributed by atoms with Crippen molar-refractivity contribution in [2.45, 2.75) is 46.3 Å². The second-order valence-corrected chi connectivity index (χ2v) is 9.69. The van der Waals surface area contributed by atoms with E-state index >= 15 is 0 Å². The van der Waals surface area contributed by atoms with Crippen LogP contribution in [0.25, 0.3) is 11.0 Å². The van der Waals surface area contributed by atoms with Crippen LogP contribution in [0.1, 0.15) is 59.1 Å². The number of hydrogen-bond donors (Lipinski definition) is 1. The molecule has 3 aromatic rings. The molecule has 1 N–H and O–H groups in total. The number of fused-ring (bicyclic) bond motifs is 2. The minimum atomic E-state index is -0.686. The number of benzene rings is 2. The Labute approximate surface area is 206 Å². The summed E-state index contributed by atoms with van der Waals surface area (Å²) in [7, 11) is 1.45. The van der Waals surface area contributed by atoms with Gasteiger partial charge in [0, 0.05) is 13.2 Å². The van der Waals surface area contributed by atoms with Crippen molar-refractivity contribution >= 4 is 32.8 Å². The summed E-state index contributed by atoms with van der Waals surface area (Å²) in [4.78, 5) is 28.9. The van der Waals surface area contributed by atoms with Gasteiger partial charge in [-0.15, -0.1) is 0 Å². The number of ether oxygens (including phenoxy) is 2.